The van der Waals surface area contributed by atoms with Crippen LogP contribution in [-0.2, 0) is 4.79 Å². The number of hydrogen-bond donors (Lipinski definition) is 2. The van der Waals surface area contributed by atoms with Gasteiger partial charge in [-0.25, -0.2) is 4.79 Å². The molecule has 0 spiro atoms. The van der Waals surface area contributed by atoms with Crippen molar-refractivity contribution in [3.63, 3.8) is 0 Å². The van der Waals surface area contributed by atoms with E-state index in [2.05, 4.69) is 18.8 Å². The van der Waals surface area contributed by atoms with Crippen LogP contribution in [0.4, 0.5) is 4.79 Å². The van der Waals surface area contributed by atoms with E-state index in [4.69, 9.17) is 5.11 Å². The molecule has 5 nitrogen and oxygen atoms in total. The standard InChI is InChI=1S/C13H22N2O3/c1-3-8-15(9-12(16)17)13(18)14-11-7-5-4-6-10(11)2/h3,10-11H,1,4-9H2,2H3,(H,14,18)(H,16,17). The zero-order valence-electron chi connectivity index (χ0n) is 10.9. The highest BCUT2D eigenvalue weighted by molar-refractivity contribution is 5.80. The van der Waals surface area contributed by atoms with Gasteiger partial charge in [-0.05, 0) is 18.8 Å². The largest absolute Gasteiger partial charge is 0.480 e. The lowest BCUT2D eigenvalue weighted by Crippen LogP contribution is -2.49. The number of aliphatic carboxylic acids is 1. The van der Waals surface area contributed by atoms with Crippen molar-refractivity contribution in [2.75, 3.05) is 13.1 Å². The van der Waals surface area contributed by atoms with Crippen LogP contribution in [0.2, 0.25) is 0 Å². The molecule has 2 atom stereocenters. The van der Waals surface area contributed by atoms with Crippen molar-refractivity contribution in [1.82, 2.24) is 10.2 Å². The van der Waals surface area contributed by atoms with E-state index in [0.717, 1.165) is 19.3 Å². The molecule has 1 rings (SSSR count). The fourth-order valence-electron chi connectivity index (χ4n) is 2.32. The number of nitrogens with one attached hydrogen (secondary N) is 1. The molecule has 1 fully saturated rings. The maximum Gasteiger partial charge on any atom is 0.323 e. The number of carbonyl (C=O) groups excluding carboxylic acids is 1. The average molecular weight is 254 g/mol. The fourth-order valence-corrected chi connectivity index (χ4v) is 2.32. The first-order chi connectivity index (χ1) is 8.54. The molecular formula is C13H22N2O3. The van der Waals surface area contributed by atoms with Crippen LogP contribution in [0.3, 0.4) is 0 Å². The van der Waals surface area contributed by atoms with Gasteiger partial charge in [0.15, 0.2) is 0 Å². The summed E-state index contributed by atoms with van der Waals surface area (Å²) in [5.41, 5.74) is 0. The second-order valence-electron chi connectivity index (χ2n) is 4.88. The summed E-state index contributed by atoms with van der Waals surface area (Å²) in [6, 6.07) is -0.150. The molecule has 0 saturated heterocycles. The molecule has 2 amide bonds. The smallest absolute Gasteiger partial charge is 0.323 e. The summed E-state index contributed by atoms with van der Waals surface area (Å²) in [7, 11) is 0. The van der Waals surface area contributed by atoms with Crippen LogP contribution in [0.15, 0.2) is 12.7 Å². The first kappa shape index (κ1) is 14.5. The van der Waals surface area contributed by atoms with Crippen molar-refractivity contribution in [1.29, 1.82) is 0 Å². The molecule has 1 aliphatic carbocycles. The lowest BCUT2D eigenvalue weighted by molar-refractivity contribution is -0.137. The second-order valence-corrected chi connectivity index (χ2v) is 4.88. The molecule has 0 aromatic rings. The van der Waals surface area contributed by atoms with Crippen LogP contribution in [0.25, 0.3) is 0 Å². The molecule has 0 bridgehead atoms. The van der Waals surface area contributed by atoms with Crippen molar-refractivity contribution in [2.45, 2.75) is 38.6 Å². The highest BCUT2D eigenvalue weighted by Gasteiger charge is 2.25. The van der Waals surface area contributed by atoms with E-state index in [1.807, 2.05) is 0 Å². The molecule has 2 unspecified atom stereocenters. The van der Waals surface area contributed by atoms with Gasteiger partial charge in [-0.2, -0.15) is 0 Å². The van der Waals surface area contributed by atoms with E-state index in [1.54, 1.807) is 0 Å². The Balaban J connectivity index is 2.53. The van der Waals surface area contributed by atoms with Crippen LogP contribution in [-0.4, -0.2) is 41.1 Å². The summed E-state index contributed by atoms with van der Waals surface area (Å²) >= 11 is 0. The molecule has 0 radical (unpaired) electrons. The molecule has 1 aliphatic rings. The maximum absolute atomic E-state index is 12.0. The molecule has 2 N–H and O–H groups in total. The maximum atomic E-state index is 12.0. The van der Waals surface area contributed by atoms with Gasteiger partial charge in [0.25, 0.3) is 0 Å². The molecule has 18 heavy (non-hydrogen) atoms. The van der Waals surface area contributed by atoms with Crippen molar-refractivity contribution < 1.29 is 14.7 Å². The fraction of sp³-hybridized carbons (Fsp3) is 0.692. The van der Waals surface area contributed by atoms with Gasteiger partial charge in [-0.1, -0.05) is 25.8 Å². The Morgan fingerprint density at radius 2 is 2.11 bits per heavy atom. The second kappa shape index (κ2) is 7.03. The van der Waals surface area contributed by atoms with Crippen LogP contribution in [0.1, 0.15) is 32.6 Å². The number of nitrogens with zero attached hydrogens (tertiary/aromatic N) is 1. The van der Waals surface area contributed by atoms with Crippen molar-refractivity contribution >= 4 is 12.0 Å². The topological polar surface area (TPSA) is 69.6 Å². The van der Waals surface area contributed by atoms with E-state index in [-0.39, 0.29) is 25.2 Å². The Labute approximate surface area is 108 Å². The predicted molar refractivity (Wildman–Crippen MR) is 69.4 cm³/mol. The monoisotopic (exact) mass is 254 g/mol. The Morgan fingerprint density at radius 3 is 2.67 bits per heavy atom. The van der Waals surface area contributed by atoms with E-state index >= 15 is 0 Å². The first-order valence-corrected chi connectivity index (χ1v) is 6.42. The Kier molecular flexibility index (Phi) is 5.68. The molecule has 0 aliphatic heterocycles. The van der Waals surface area contributed by atoms with Crippen molar-refractivity contribution in [3.8, 4) is 0 Å². The minimum absolute atomic E-state index is 0.160. The molecule has 5 heteroatoms. The summed E-state index contributed by atoms with van der Waals surface area (Å²) in [6.45, 7) is 5.62. The summed E-state index contributed by atoms with van der Waals surface area (Å²) < 4.78 is 0. The molecule has 1 saturated carbocycles. The van der Waals surface area contributed by atoms with Gasteiger partial charge in [0, 0.05) is 12.6 Å². The van der Waals surface area contributed by atoms with Crippen LogP contribution in [0.5, 0.6) is 0 Å². The first-order valence-electron chi connectivity index (χ1n) is 6.42. The third kappa shape index (κ3) is 4.39. The highest BCUT2D eigenvalue weighted by atomic mass is 16.4. The number of hydrogen-bond acceptors (Lipinski definition) is 2. The van der Waals surface area contributed by atoms with E-state index in [0.29, 0.717) is 5.92 Å². The van der Waals surface area contributed by atoms with Gasteiger partial charge in [-0.3, -0.25) is 4.79 Å². The van der Waals surface area contributed by atoms with Crippen molar-refractivity contribution in [3.05, 3.63) is 12.7 Å². The molecule has 102 valence electrons. The molecule has 0 aromatic carbocycles. The Morgan fingerprint density at radius 1 is 1.44 bits per heavy atom. The van der Waals surface area contributed by atoms with Gasteiger partial charge in [0.05, 0.1) is 0 Å². The Hall–Kier alpha value is -1.52. The zero-order chi connectivity index (χ0) is 13.5. The lowest BCUT2D eigenvalue weighted by atomic mass is 9.86. The highest BCUT2D eigenvalue weighted by Crippen LogP contribution is 2.23. The number of carboxylic acids is 1. The third-order valence-electron chi connectivity index (χ3n) is 3.38. The zero-order valence-corrected chi connectivity index (χ0v) is 10.9. The normalized spacial score (nSPS) is 23.2. The van der Waals surface area contributed by atoms with Crippen LogP contribution < -0.4 is 5.32 Å². The quantitative estimate of drug-likeness (QED) is 0.736. The van der Waals surface area contributed by atoms with Crippen LogP contribution in [0, 0.1) is 5.92 Å². The number of amides is 2. The van der Waals surface area contributed by atoms with Gasteiger partial charge in [0.1, 0.15) is 6.54 Å². The number of urea groups is 1. The summed E-state index contributed by atoms with van der Waals surface area (Å²) in [4.78, 5) is 23.9. The summed E-state index contributed by atoms with van der Waals surface area (Å²) in [6.07, 6.45) is 5.95. The molecule has 0 aromatic heterocycles. The van der Waals surface area contributed by atoms with Gasteiger partial charge in [-0.15, -0.1) is 6.58 Å². The number of rotatable bonds is 5. The average Bonchev–Trinajstić information content (AvgIpc) is 2.31. The van der Waals surface area contributed by atoms with E-state index in [1.165, 1.54) is 17.4 Å². The minimum atomic E-state index is -1.01. The van der Waals surface area contributed by atoms with E-state index in [9.17, 15) is 9.59 Å². The Bertz CT molecular complexity index is 317. The predicted octanol–water partition coefficient (Wildman–Crippen LogP) is 1.85. The molecular weight excluding hydrogens is 232 g/mol. The number of carboxylic acid groups (broad SMARTS) is 1. The lowest BCUT2D eigenvalue weighted by Gasteiger charge is -2.31. The summed E-state index contributed by atoms with van der Waals surface area (Å²) in [5, 5.41) is 11.7. The van der Waals surface area contributed by atoms with Gasteiger partial charge < -0.3 is 15.3 Å². The van der Waals surface area contributed by atoms with Crippen LogP contribution >= 0.6 is 0 Å². The van der Waals surface area contributed by atoms with E-state index < -0.39 is 5.97 Å². The SMILES string of the molecule is C=CCN(CC(=O)O)C(=O)NC1CCCCC1C. The summed E-state index contributed by atoms with van der Waals surface area (Å²) in [5.74, 6) is -0.554. The van der Waals surface area contributed by atoms with Gasteiger partial charge >= 0.3 is 12.0 Å². The minimum Gasteiger partial charge on any atom is -0.480 e. The third-order valence-corrected chi connectivity index (χ3v) is 3.38. The molecule has 0 heterocycles. The number of carbonyl (C=O) groups is 2. The van der Waals surface area contributed by atoms with Gasteiger partial charge in [0.2, 0.25) is 0 Å². The van der Waals surface area contributed by atoms with Crippen molar-refractivity contribution in [2.24, 2.45) is 5.92 Å².